The van der Waals surface area contributed by atoms with Crippen molar-refractivity contribution < 1.29 is 18.7 Å². The normalized spacial score (nSPS) is 15.6. The smallest absolute Gasteiger partial charge is 0.375 e. The monoisotopic (exact) mass is 366 g/mol. The highest BCUT2D eigenvalue weighted by atomic mass is 16.5. The zero-order chi connectivity index (χ0) is 19.3. The number of carbonyl (C=O) groups excluding carboxylic acids is 2. The molecule has 1 aromatic heterocycles. The summed E-state index contributed by atoms with van der Waals surface area (Å²) in [6.07, 6.45) is 5.61. The van der Waals surface area contributed by atoms with Crippen LogP contribution in [0.1, 0.15) is 42.7 Å². The Bertz CT molecular complexity index is 845. The van der Waals surface area contributed by atoms with Gasteiger partial charge in [-0.2, -0.15) is 5.26 Å². The summed E-state index contributed by atoms with van der Waals surface area (Å²) in [7, 11) is 1.60. The maximum Gasteiger partial charge on any atom is 0.375 e. The lowest BCUT2D eigenvalue weighted by Gasteiger charge is -2.38. The molecular formula is C21H22N2O4. The van der Waals surface area contributed by atoms with Crippen molar-refractivity contribution in [1.82, 2.24) is 4.90 Å². The van der Waals surface area contributed by atoms with Gasteiger partial charge in [-0.25, -0.2) is 4.79 Å². The van der Waals surface area contributed by atoms with E-state index in [0.29, 0.717) is 18.4 Å². The highest BCUT2D eigenvalue weighted by molar-refractivity contribution is 5.95. The summed E-state index contributed by atoms with van der Waals surface area (Å²) >= 11 is 0. The predicted octanol–water partition coefficient (Wildman–Crippen LogP) is 3.79. The highest BCUT2D eigenvalue weighted by Crippen LogP contribution is 2.32. The fourth-order valence-corrected chi connectivity index (χ4v) is 3.50. The van der Waals surface area contributed by atoms with Crippen LogP contribution in [0.3, 0.4) is 0 Å². The molecule has 0 unspecified atom stereocenters. The summed E-state index contributed by atoms with van der Waals surface area (Å²) in [4.78, 5) is 26.3. The summed E-state index contributed by atoms with van der Waals surface area (Å²) in [6.45, 7) is -0.423. The van der Waals surface area contributed by atoms with Crippen LogP contribution in [0.25, 0.3) is 11.1 Å². The number of benzene rings is 1. The Balaban J connectivity index is 1.65. The summed E-state index contributed by atoms with van der Waals surface area (Å²) < 4.78 is 10.5. The Morgan fingerprint density at radius 1 is 1.19 bits per heavy atom. The zero-order valence-electron chi connectivity index (χ0n) is 15.3. The number of carbonyl (C=O) groups is 2. The maximum absolute atomic E-state index is 12.5. The molecule has 1 fully saturated rings. The van der Waals surface area contributed by atoms with E-state index in [2.05, 4.69) is 6.07 Å². The molecule has 27 heavy (non-hydrogen) atoms. The van der Waals surface area contributed by atoms with Gasteiger partial charge in [0.05, 0.1) is 12.3 Å². The van der Waals surface area contributed by atoms with Gasteiger partial charge in [0, 0.05) is 12.6 Å². The molecule has 140 valence electrons. The van der Waals surface area contributed by atoms with Crippen LogP contribution < -0.4 is 0 Å². The van der Waals surface area contributed by atoms with Crippen LogP contribution in [0.5, 0.6) is 0 Å². The standard InChI is InChI=1S/C21H22N2O4/c1-23(21(15-22)11-6-3-7-12-21)18(24)14-27-20(25)19-17(10-13-26-19)16-8-4-2-5-9-16/h2,4-5,8-10,13H,3,6-7,11-12,14H2,1H3. The number of ether oxygens (including phenoxy) is 1. The number of hydrogen-bond donors (Lipinski definition) is 0. The fraction of sp³-hybridized carbons (Fsp3) is 0.381. The number of nitrogens with zero attached hydrogens (tertiary/aromatic N) is 2. The lowest BCUT2D eigenvalue weighted by molar-refractivity contribution is -0.138. The third-order valence-corrected chi connectivity index (χ3v) is 5.17. The lowest BCUT2D eigenvalue weighted by atomic mass is 9.81. The van der Waals surface area contributed by atoms with Crippen molar-refractivity contribution >= 4 is 11.9 Å². The molecule has 6 nitrogen and oxygen atoms in total. The van der Waals surface area contributed by atoms with Gasteiger partial charge in [0.15, 0.2) is 6.61 Å². The van der Waals surface area contributed by atoms with E-state index in [1.165, 1.54) is 11.2 Å². The largest absolute Gasteiger partial charge is 0.457 e. The molecule has 0 spiro atoms. The summed E-state index contributed by atoms with van der Waals surface area (Å²) in [5.41, 5.74) is 0.635. The Morgan fingerprint density at radius 2 is 1.89 bits per heavy atom. The van der Waals surface area contributed by atoms with E-state index in [-0.39, 0.29) is 11.7 Å². The van der Waals surface area contributed by atoms with Gasteiger partial charge in [-0.3, -0.25) is 4.79 Å². The van der Waals surface area contributed by atoms with Gasteiger partial charge in [-0.1, -0.05) is 49.6 Å². The molecular weight excluding hydrogens is 344 g/mol. The first-order valence-corrected chi connectivity index (χ1v) is 9.05. The molecule has 1 heterocycles. The van der Waals surface area contributed by atoms with Crippen LogP contribution in [-0.4, -0.2) is 36.0 Å². The van der Waals surface area contributed by atoms with Crippen LogP contribution in [0.15, 0.2) is 47.1 Å². The Labute approximate surface area is 158 Å². The molecule has 1 saturated carbocycles. The molecule has 0 N–H and O–H groups in total. The Kier molecular flexibility index (Phi) is 5.60. The Hall–Kier alpha value is -3.07. The first-order valence-electron chi connectivity index (χ1n) is 9.05. The van der Waals surface area contributed by atoms with Crippen molar-refractivity contribution in [2.75, 3.05) is 13.7 Å². The fourth-order valence-electron chi connectivity index (χ4n) is 3.50. The maximum atomic E-state index is 12.5. The number of rotatable bonds is 5. The molecule has 1 aliphatic carbocycles. The van der Waals surface area contributed by atoms with Crippen molar-refractivity contribution in [1.29, 1.82) is 5.26 Å². The number of likely N-dealkylation sites (N-methyl/N-ethyl adjacent to an activating group) is 1. The van der Waals surface area contributed by atoms with E-state index < -0.39 is 18.1 Å². The van der Waals surface area contributed by atoms with E-state index in [1.54, 1.807) is 13.1 Å². The van der Waals surface area contributed by atoms with Gasteiger partial charge >= 0.3 is 5.97 Å². The summed E-state index contributed by atoms with van der Waals surface area (Å²) in [5.74, 6) is -1.03. The minimum atomic E-state index is -0.804. The lowest BCUT2D eigenvalue weighted by Crippen LogP contribution is -2.51. The topological polar surface area (TPSA) is 83.5 Å². The third kappa shape index (κ3) is 3.87. The molecule has 2 aromatic rings. The number of hydrogen-bond acceptors (Lipinski definition) is 5. The molecule has 0 saturated heterocycles. The van der Waals surface area contributed by atoms with Gasteiger partial charge in [-0.05, 0) is 24.5 Å². The zero-order valence-corrected chi connectivity index (χ0v) is 15.3. The minimum absolute atomic E-state index is 0.0596. The molecule has 3 rings (SSSR count). The van der Waals surface area contributed by atoms with E-state index >= 15 is 0 Å². The second-order valence-corrected chi connectivity index (χ2v) is 6.76. The second kappa shape index (κ2) is 8.09. The number of furan rings is 1. The van der Waals surface area contributed by atoms with Crippen molar-refractivity contribution in [3.8, 4) is 17.2 Å². The Morgan fingerprint density at radius 3 is 2.56 bits per heavy atom. The van der Waals surface area contributed by atoms with Crippen LogP contribution in [0, 0.1) is 11.3 Å². The first kappa shape index (κ1) is 18.7. The van der Waals surface area contributed by atoms with Crippen LogP contribution in [0.4, 0.5) is 0 Å². The van der Waals surface area contributed by atoms with E-state index in [0.717, 1.165) is 24.8 Å². The molecule has 1 aromatic carbocycles. The van der Waals surface area contributed by atoms with Crippen LogP contribution >= 0.6 is 0 Å². The third-order valence-electron chi connectivity index (χ3n) is 5.17. The van der Waals surface area contributed by atoms with E-state index in [9.17, 15) is 14.9 Å². The highest BCUT2D eigenvalue weighted by Gasteiger charge is 2.39. The second-order valence-electron chi connectivity index (χ2n) is 6.76. The van der Waals surface area contributed by atoms with Gasteiger partial charge in [-0.15, -0.1) is 0 Å². The molecule has 0 atom stereocenters. The minimum Gasteiger partial charge on any atom is -0.457 e. The van der Waals surface area contributed by atoms with Gasteiger partial charge in [0.25, 0.3) is 5.91 Å². The van der Waals surface area contributed by atoms with Crippen molar-refractivity contribution in [2.24, 2.45) is 0 Å². The van der Waals surface area contributed by atoms with Crippen molar-refractivity contribution in [2.45, 2.75) is 37.6 Å². The van der Waals surface area contributed by atoms with Gasteiger partial charge in [0.1, 0.15) is 5.54 Å². The van der Waals surface area contributed by atoms with Gasteiger partial charge in [0.2, 0.25) is 5.76 Å². The number of nitriles is 1. The molecule has 1 amide bonds. The quantitative estimate of drug-likeness (QED) is 0.752. The van der Waals surface area contributed by atoms with Crippen LogP contribution in [-0.2, 0) is 9.53 Å². The van der Waals surface area contributed by atoms with Gasteiger partial charge < -0.3 is 14.1 Å². The molecule has 0 radical (unpaired) electrons. The SMILES string of the molecule is CN(C(=O)COC(=O)c1occc1-c1ccccc1)C1(C#N)CCCCC1. The predicted molar refractivity (Wildman–Crippen MR) is 98.6 cm³/mol. The average Bonchev–Trinajstić information content (AvgIpc) is 3.22. The van der Waals surface area contributed by atoms with Crippen molar-refractivity contribution in [3.63, 3.8) is 0 Å². The molecule has 6 heteroatoms. The molecule has 0 aliphatic heterocycles. The summed E-state index contributed by atoms with van der Waals surface area (Å²) in [6, 6.07) is 13.3. The van der Waals surface area contributed by atoms with Crippen LogP contribution in [0.2, 0.25) is 0 Å². The number of amides is 1. The van der Waals surface area contributed by atoms with E-state index in [4.69, 9.17) is 9.15 Å². The van der Waals surface area contributed by atoms with Crippen molar-refractivity contribution in [3.05, 3.63) is 48.4 Å². The van der Waals surface area contributed by atoms with E-state index in [1.807, 2.05) is 30.3 Å². The number of esters is 1. The average molecular weight is 366 g/mol. The summed E-state index contributed by atoms with van der Waals surface area (Å²) in [5, 5.41) is 9.58. The molecule has 1 aliphatic rings. The molecule has 0 bridgehead atoms. The first-order chi connectivity index (χ1) is 13.1.